The van der Waals surface area contributed by atoms with Gasteiger partial charge < -0.3 is 10.4 Å². The molecule has 5 nitrogen and oxygen atoms in total. The van der Waals surface area contributed by atoms with Gasteiger partial charge in [0.15, 0.2) is 0 Å². The van der Waals surface area contributed by atoms with E-state index in [-0.39, 0.29) is 12.3 Å². The molecule has 0 aliphatic carbocycles. The summed E-state index contributed by atoms with van der Waals surface area (Å²) in [6.07, 6.45) is 0.405. The fraction of sp³-hybridized carbons (Fsp3) is 0.267. The molecule has 1 atom stereocenters. The van der Waals surface area contributed by atoms with Gasteiger partial charge in [0.05, 0.1) is 12.1 Å². The van der Waals surface area contributed by atoms with Gasteiger partial charge in [0.2, 0.25) is 5.91 Å². The molecule has 0 bridgehead atoms. The van der Waals surface area contributed by atoms with Crippen molar-refractivity contribution in [2.24, 2.45) is 0 Å². The third-order valence-electron chi connectivity index (χ3n) is 3.03. The van der Waals surface area contributed by atoms with E-state index in [0.29, 0.717) is 17.1 Å². The van der Waals surface area contributed by atoms with E-state index in [2.05, 4.69) is 10.3 Å². The molecule has 7 heteroatoms. The molecule has 0 saturated carbocycles. The van der Waals surface area contributed by atoms with Crippen LogP contribution in [0, 0.1) is 0 Å². The fourth-order valence-electron chi connectivity index (χ4n) is 1.86. The van der Waals surface area contributed by atoms with Crippen LogP contribution in [0.4, 0.5) is 0 Å². The second kappa shape index (κ2) is 7.38. The lowest BCUT2D eigenvalue weighted by molar-refractivity contribution is -0.141. The number of carbonyl (C=O) groups excluding carboxylic acids is 1. The summed E-state index contributed by atoms with van der Waals surface area (Å²) in [5, 5.41) is 14.6. The van der Waals surface area contributed by atoms with Crippen molar-refractivity contribution in [1.82, 2.24) is 10.3 Å². The van der Waals surface area contributed by atoms with Gasteiger partial charge in [-0.05, 0) is 18.6 Å². The topological polar surface area (TPSA) is 79.3 Å². The number of carbonyl (C=O) groups is 2. The molecule has 1 amide bonds. The van der Waals surface area contributed by atoms with E-state index in [4.69, 9.17) is 16.7 Å². The van der Waals surface area contributed by atoms with Crippen LogP contribution in [0.5, 0.6) is 0 Å². The van der Waals surface area contributed by atoms with Crippen molar-refractivity contribution in [3.63, 3.8) is 0 Å². The highest BCUT2D eigenvalue weighted by molar-refractivity contribution is 7.13. The number of benzene rings is 1. The normalized spacial score (nSPS) is 11.9. The maximum absolute atomic E-state index is 11.8. The first-order valence-electron chi connectivity index (χ1n) is 6.72. The Labute approximate surface area is 137 Å². The van der Waals surface area contributed by atoms with E-state index in [1.165, 1.54) is 11.3 Å². The largest absolute Gasteiger partial charge is 0.480 e. The van der Waals surface area contributed by atoms with E-state index in [1.807, 2.05) is 12.1 Å². The quantitative estimate of drug-likeness (QED) is 0.848. The maximum atomic E-state index is 11.8. The van der Waals surface area contributed by atoms with Crippen molar-refractivity contribution >= 4 is 34.8 Å². The number of amides is 1. The van der Waals surface area contributed by atoms with Gasteiger partial charge in [0, 0.05) is 16.0 Å². The number of nitrogens with one attached hydrogen (secondary N) is 1. The van der Waals surface area contributed by atoms with Crippen LogP contribution in [0.1, 0.15) is 19.0 Å². The van der Waals surface area contributed by atoms with Gasteiger partial charge in [-0.15, -0.1) is 11.3 Å². The molecule has 0 fully saturated rings. The van der Waals surface area contributed by atoms with Crippen LogP contribution in [0.15, 0.2) is 29.6 Å². The number of carboxylic acids is 1. The Balaban J connectivity index is 2.01. The number of aromatic nitrogens is 1. The molecule has 22 heavy (non-hydrogen) atoms. The second-order valence-corrected chi connectivity index (χ2v) is 5.99. The first-order valence-corrected chi connectivity index (χ1v) is 7.98. The fourth-order valence-corrected chi connectivity index (χ4v) is 2.81. The number of hydrogen-bond donors (Lipinski definition) is 2. The van der Waals surface area contributed by atoms with E-state index >= 15 is 0 Å². The van der Waals surface area contributed by atoms with Crippen molar-refractivity contribution in [1.29, 1.82) is 0 Å². The van der Waals surface area contributed by atoms with Gasteiger partial charge in [-0.1, -0.05) is 30.7 Å². The Morgan fingerprint density at radius 3 is 2.64 bits per heavy atom. The average molecular weight is 339 g/mol. The highest BCUT2D eigenvalue weighted by Crippen LogP contribution is 2.25. The van der Waals surface area contributed by atoms with Crippen molar-refractivity contribution in [3.05, 3.63) is 40.4 Å². The lowest BCUT2D eigenvalue weighted by Gasteiger charge is -2.11. The molecule has 116 valence electrons. The minimum atomic E-state index is -1.03. The number of nitrogens with zero attached hydrogens (tertiary/aromatic N) is 1. The lowest BCUT2D eigenvalue weighted by Crippen LogP contribution is -2.41. The standard InChI is InChI=1S/C15H15ClN2O3S/c1-2-12(15(20)21)18-13(19)7-11-8-22-14(17-11)9-3-5-10(16)6-4-9/h3-6,8,12H,2,7H2,1H3,(H,18,19)(H,20,21). The minimum absolute atomic E-state index is 0.0634. The average Bonchev–Trinajstić information content (AvgIpc) is 2.93. The molecule has 2 rings (SSSR count). The number of halogens is 1. The predicted octanol–water partition coefficient (Wildman–Crippen LogP) is 2.99. The number of rotatable bonds is 6. The van der Waals surface area contributed by atoms with Crippen molar-refractivity contribution in [3.8, 4) is 10.6 Å². The summed E-state index contributed by atoms with van der Waals surface area (Å²) in [4.78, 5) is 27.1. The predicted molar refractivity (Wildman–Crippen MR) is 86.1 cm³/mol. The second-order valence-electron chi connectivity index (χ2n) is 4.69. The lowest BCUT2D eigenvalue weighted by atomic mass is 10.2. The molecule has 1 heterocycles. The zero-order valence-corrected chi connectivity index (χ0v) is 13.4. The van der Waals surface area contributed by atoms with E-state index in [0.717, 1.165) is 10.6 Å². The molecular formula is C15H15ClN2O3S. The van der Waals surface area contributed by atoms with E-state index in [1.54, 1.807) is 24.4 Å². The van der Waals surface area contributed by atoms with Gasteiger partial charge in [-0.25, -0.2) is 9.78 Å². The molecule has 2 aromatic rings. The summed E-state index contributed by atoms with van der Waals surface area (Å²) in [6.45, 7) is 1.71. The Hall–Kier alpha value is -1.92. The van der Waals surface area contributed by atoms with Gasteiger partial charge in [0.1, 0.15) is 11.0 Å². The molecule has 0 aliphatic heterocycles. The number of hydrogen-bond acceptors (Lipinski definition) is 4. The number of carboxylic acid groups (broad SMARTS) is 1. The van der Waals surface area contributed by atoms with Gasteiger partial charge >= 0.3 is 5.97 Å². The molecule has 0 spiro atoms. The van der Waals surface area contributed by atoms with Crippen LogP contribution < -0.4 is 5.32 Å². The molecule has 1 aromatic carbocycles. The van der Waals surface area contributed by atoms with Crippen molar-refractivity contribution in [2.75, 3.05) is 0 Å². The highest BCUT2D eigenvalue weighted by Gasteiger charge is 2.18. The van der Waals surface area contributed by atoms with E-state index in [9.17, 15) is 9.59 Å². The summed E-state index contributed by atoms with van der Waals surface area (Å²) in [7, 11) is 0. The van der Waals surface area contributed by atoms with Gasteiger partial charge in [0.25, 0.3) is 0 Å². The summed E-state index contributed by atoms with van der Waals surface area (Å²) in [5.74, 6) is -1.38. The SMILES string of the molecule is CCC(NC(=O)Cc1csc(-c2ccc(Cl)cc2)n1)C(=O)O. The van der Waals surface area contributed by atoms with Crippen LogP contribution in [-0.4, -0.2) is 28.0 Å². The summed E-state index contributed by atoms with van der Waals surface area (Å²) >= 11 is 7.27. The zero-order valence-electron chi connectivity index (χ0n) is 11.9. The van der Waals surface area contributed by atoms with Crippen molar-refractivity contribution < 1.29 is 14.7 Å². The molecule has 0 saturated heterocycles. The number of thiazole rings is 1. The smallest absolute Gasteiger partial charge is 0.326 e. The van der Waals surface area contributed by atoms with Crippen LogP contribution in [-0.2, 0) is 16.0 Å². The molecule has 0 radical (unpaired) electrons. The molecule has 2 N–H and O–H groups in total. The summed E-state index contributed by atoms with van der Waals surface area (Å²) < 4.78 is 0. The zero-order chi connectivity index (χ0) is 16.1. The van der Waals surface area contributed by atoms with Gasteiger partial charge in [-0.3, -0.25) is 4.79 Å². The first-order chi connectivity index (χ1) is 10.5. The Kier molecular flexibility index (Phi) is 5.51. The molecule has 1 aromatic heterocycles. The molecule has 1 unspecified atom stereocenters. The Morgan fingerprint density at radius 1 is 1.36 bits per heavy atom. The third kappa shape index (κ3) is 4.29. The van der Waals surface area contributed by atoms with Crippen LogP contribution in [0.2, 0.25) is 5.02 Å². The molecular weight excluding hydrogens is 324 g/mol. The van der Waals surface area contributed by atoms with Crippen molar-refractivity contribution in [2.45, 2.75) is 25.8 Å². The summed E-state index contributed by atoms with van der Waals surface area (Å²) in [6, 6.07) is 6.43. The minimum Gasteiger partial charge on any atom is -0.480 e. The third-order valence-corrected chi connectivity index (χ3v) is 4.22. The van der Waals surface area contributed by atoms with Crippen LogP contribution in [0.3, 0.4) is 0 Å². The van der Waals surface area contributed by atoms with E-state index < -0.39 is 12.0 Å². The van der Waals surface area contributed by atoms with Crippen LogP contribution in [0.25, 0.3) is 10.6 Å². The molecule has 0 aliphatic rings. The Bertz CT molecular complexity index is 670. The number of aliphatic carboxylic acids is 1. The van der Waals surface area contributed by atoms with Crippen LogP contribution >= 0.6 is 22.9 Å². The highest BCUT2D eigenvalue weighted by atomic mass is 35.5. The maximum Gasteiger partial charge on any atom is 0.326 e. The monoisotopic (exact) mass is 338 g/mol. The van der Waals surface area contributed by atoms with Gasteiger partial charge in [-0.2, -0.15) is 0 Å². The first kappa shape index (κ1) is 16.5. The Morgan fingerprint density at radius 2 is 2.05 bits per heavy atom. The summed E-state index contributed by atoms with van der Waals surface area (Å²) in [5.41, 5.74) is 1.55.